The van der Waals surface area contributed by atoms with Gasteiger partial charge in [-0.3, -0.25) is 9.89 Å². The van der Waals surface area contributed by atoms with Crippen LogP contribution in [0.2, 0.25) is 0 Å². The molecule has 0 aliphatic heterocycles. The zero-order valence-electron chi connectivity index (χ0n) is 7.63. The predicted molar refractivity (Wildman–Crippen MR) is 50.3 cm³/mol. The van der Waals surface area contributed by atoms with Crippen LogP contribution in [0, 0.1) is 0 Å². The third kappa shape index (κ3) is 4.24. The maximum Gasteiger partial charge on any atom is 0.442 e. The van der Waals surface area contributed by atoms with E-state index < -0.39 is 16.7 Å². The molecule has 0 saturated carbocycles. The van der Waals surface area contributed by atoms with Gasteiger partial charge in [-0.25, -0.2) is 0 Å². The molecule has 0 saturated heterocycles. The molecule has 4 nitrogen and oxygen atoms in total. The van der Waals surface area contributed by atoms with Crippen LogP contribution in [0.15, 0.2) is 12.4 Å². The molecule has 2 N–H and O–H groups in total. The van der Waals surface area contributed by atoms with E-state index in [2.05, 4.69) is 15.5 Å². The van der Waals surface area contributed by atoms with Crippen molar-refractivity contribution >= 4 is 23.4 Å². The van der Waals surface area contributed by atoms with Crippen LogP contribution in [-0.2, 0) is 4.79 Å². The molecule has 0 fully saturated rings. The number of thioether (sulfide) groups is 1. The normalized spacial score (nSPS) is 13.6. The standard InChI is InChI=1S/C7H8F3N3OS/c1-4(15-7(8,9)10)6(14)13-5-2-11-12-3-5/h2-4H,1H3,(H,11,12)(H,13,14)/t4-/m0/s1. The number of H-pyrrole nitrogens is 1. The molecule has 1 amide bonds. The largest absolute Gasteiger partial charge is 0.442 e. The Labute approximate surface area is 87.6 Å². The monoisotopic (exact) mass is 239 g/mol. The van der Waals surface area contributed by atoms with E-state index in [0.717, 1.165) is 0 Å². The van der Waals surface area contributed by atoms with Crippen LogP contribution >= 0.6 is 11.8 Å². The Hall–Kier alpha value is -1.18. The van der Waals surface area contributed by atoms with E-state index in [1.54, 1.807) is 0 Å². The first-order chi connectivity index (χ1) is 6.88. The van der Waals surface area contributed by atoms with Crippen molar-refractivity contribution in [2.24, 2.45) is 0 Å². The Morgan fingerprint density at radius 1 is 1.67 bits per heavy atom. The van der Waals surface area contributed by atoms with Crippen LogP contribution in [0.4, 0.5) is 18.9 Å². The number of carbonyl (C=O) groups is 1. The van der Waals surface area contributed by atoms with Crippen LogP contribution in [0.1, 0.15) is 6.92 Å². The molecule has 1 rings (SSSR count). The molecular weight excluding hydrogens is 231 g/mol. The molecule has 1 atom stereocenters. The summed E-state index contributed by atoms with van der Waals surface area (Å²) in [5.41, 5.74) is -4.07. The molecule has 15 heavy (non-hydrogen) atoms. The summed E-state index contributed by atoms with van der Waals surface area (Å²) < 4.78 is 35.7. The van der Waals surface area contributed by atoms with Crippen LogP contribution in [0.25, 0.3) is 0 Å². The second-order valence-corrected chi connectivity index (χ2v) is 4.09. The summed E-state index contributed by atoms with van der Waals surface area (Å²) in [6.07, 6.45) is 2.69. The summed E-state index contributed by atoms with van der Waals surface area (Å²) in [5.74, 6) is -0.710. The molecule has 1 aromatic rings. The number of aromatic amines is 1. The zero-order chi connectivity index (χ0) is 11.5. The van der Waals surface area contributed by atoms with Crippen molar-refractivity contribution in [1.82, 2.24) is 10.2 Å². The molecule has 0 radical (unpaired) electrons. The van der Waals surface area contributed by atoms with Gasteiger partial charge in [0, 0.05) is 6.20 Å². The summed E-state index contributed by atoms with van der Waals surface area (Å²) >= 11 is -0.356. The molecule has 1 heterocycles. The maximum absolute atomic E-state index is 11.9. The molecule has 0 aliphatic rings. The number of hydrogen-bond donors (Lipinski definition) is 2. The minimum absolute atomic E-state index is 0.342. The first-order valence-corrected chi connectivity index (χ1v) is 4.80. The quantitative estimate of drug-likeness (QED) is 0.848. The first-order valence-electron chi connectivity index (χ1n) is 3.92. The van der Waals surface area contributed by atoms with Crippen LogP contribution < -0.4 is 5.32 Å². The van der Waals surface area contributed by atoms with E-state index in [1.807, 2.05) is 0 Å². The van der Waals surface area contributed by atoms with E-state index in [9.17, 15) is 18.0 Å². The van der Waals surface area contributed by atoms with Gasteiger partial charge in [-0.2, -0.15) is 18.3 Å². The number of nitrogens with one attached hydrogen (secondary N) is 2. The van der Waals surface area contributed by atoms with Crippen molar-refractivity contribution in [2.75, 3.05) is 5.32 Å². The SMILES string of the molecule is C[C@H](SC(F)(F)F)C(=O)Nc1cn[nH]c1. The van der Waals surface area contributed by atoms with Gasteiger partial charge in [0.1, 0.15) is 0 Å². The molecular formula is C7H8F3N3OS. The molecule has 1 aromatic heterocycles. The number of rotatable bonds is 3. The average molecular weight is 239 g/mol. The maximum atomic E-state index is 11.9. The number of halogens is 3. The Kier molecular flexibility index (Phi) is 3.61. The highest BCUT2D eigenvalue weighted by Gasteiger charge is 2.34. The van der Waals surface area contributed by atoms with E-state index >= 15 is 0 Å². The van der Waals surface area contributed by atoms with Gasteiger partial charge in [0.25, 0.3) is 0 Å². The van der Waals surface area contributed by atoms with E-state index in [4.69, 9.17) is 0 Å². The van der Waals surface area contributed by atoms with Crippen LogP contribution in [0.3, 0.4) is 0 Å². The Morgan fingerprint density at radius 3 is 2.80 bits per heavy atom. The zero-order valence-corrected chi connectivity index (χ0v) is 8.45. The van der Waals surface area contributed by atoms with Gasteiger partial charge in [-0.05, 0) is 18.7 Å². The highest BCUT2D eigenvalue weighted by molar-refractivity contribution is 8.01. The second-order valence-electron chi connectivity index (χ2n) is 2.68. The lowest BCUT2D eigenvalue weighted by molar-refractivity contribution is -0.115. The van der Waals surface area contributed by atoms with Crippen LogP contribution in [-0.4, -0.2) is 26.9 Å². The molecule has 8 heteroatoms. The van der Waals surface area contributed by atoms with Crippen molar-refractivity contribution < 1.29 is 18.0 Å². The number of nitrogens with zero attached hydrogens (tertiary/aromatic N) is 1. The number of anilines is 1. The van der Waals surface area contributed by atoms with Crippen molar-refractivity contribution in [3.8, 4) is 0 Å². The average Bonchev–Trinajstić information content (AvgIpc) is 2.53. The summed E-state index contributed by atoms with van der Waals surface area (Å²) in [6.45, 7) is 1.19. The van der Waals surface area contributed by atoms with E-state index in [-0.39, 0.29) is 11.8 Å². The third-order valence-electron chi connectivity index (χ3n) is 1.45. The third-order valence-corrected chi connectivity index (χ3v) is 2.28. The molecule has 0 bridgehead atoms. The van der Waals surface area contributed by atoms with Gasteiger partial charge in [0.15, 0.2) is 0 Å². The van der Waals surface area contributed by atoms with Gasteiger partial charge in [0.05, 0.1) is 17.1 Å². The highest BCUT2D eigenvalue weighted by Crippen LogP contribution is 2.34. The summed E-state index contributed by atoms with van der Waals surface area (Å²) in [4.78, 5) is 11.2. The van der Waals surface area contributed by atoms with Crippen molar-refractivity contribution in [2.45, 2.75) is 17.7 Å². The van der Waals surface area contributed by atoms with Gasteiger partial charge < -0.3 is 5.32 Å². The predicted octanol–water partition coefficient (Wildman–Crippen LogP) is 1.99. The Morgan fingerprint density at radius 2 is 2.33 bits per heavy atom. The van der Waals surface area contributed by atoms with Gasteiger partial charge in [0.2, 0.25) is 5.91 Å². The van der Waals surface area contributed by atoms with Gasteiger partial charge in [-0.15, -0.1) is 0 Å². The summed E-state index contributed by atoms with van der Waals surface area (Å²) in [5, 5.41) is 7.07. The van der Waals surface area contributed by atoms with Crippen LogP contribution in [0.5, 0.6) is 0 Å². The van der Waals surface area contributed by atoms with E-state index in [1.165, 1.54) is 19.3 Å². The minimum Gasteiger partial charge on any atom is -0.322 e. The van der Waals surface area contributed by atoms with Crippen molar-refractivity contribution in [1.29, 1.82) is 0 Å². The molecule has 0 aromatic carbocycles. The van der Waals surface area contributed by atoms with Crippen molar-refractivity contribution in [3.05, 3.63) is 12.4 Å². The van der Waals surface area contributed by atoms with Crippen molar-refractivity contribution in [3.63, 3.8) is 0 Å². The fourth-order valence-corrected chi connectivity index (χ4v) is 1.38. The number of amides is 1. The smallest absolute Gasteiger partial charge is 0.322 e. The number of aromatic nitrogens is 2. The molecule has 0 aliphatic carbocycles. The minimum atomic E-state index is -4.41. The number of carbonyl (C=O) groups excluding carboxylic acids is 1. The van der Waals surface area contributed by atoms with Gasteiger partial charge >= 0.3 is 5.51 Å². The number of alkyl halides is 3. The second kappa shape index (κ2) is 4.56. The summed E-state index contributed by atoms with van der Waals surface area (Å²) in [6, 6.07) is 0. The summed E-state index contributed by atoms with van der Waals surface area (Å²) in [7, 11) is 0. The topological polar surface area (TPSA) is 57.8 Å². The fraction of sp³-hybridized carbons (Fsp3) is 0.429. The van der Waals surface area contributed by atoms with E-state index in [0.29, 0.717) is 5.69 Å². The molecule has 0 spiro atoms. The molecule has 84 valence electrons. The van der Waals surface area contributed by atoms with Gasteiger partial charge in [-0.1, -0.05) is 0 Å². The Balaban J connectivity index is 2.47. The lowest BCUT2D eigenvalue weighted by Crippen LogP contribution is -2.25. The highest BCUT2D eigenvalue weighted by atomic mass is 32.2. The lowest BCUT2D eigenvalue weighted by atomic mass is 10.4. The lowest BCUT2D eigenvalue weighted by Gasteiger charge is -2.12. The first kappa shape index (κ1) is 11.9. The fourth-order valence-electron chi connectivity index (χ4n) is 0.817. The molecule has 0 unspecified atom stereocenters. The Bertz CT molecular complexity index is 325. The number of hydrogen-bond acceptors (Lipinski definition) is 3.